The summed E-state index contributed by atoms with van der Waals surface area (Å²) < 4.78 is 22.6. The number of Topliss-reactive ketones (excluding diaryl/α,β-unsaturated/α-hetero) is 1. The molecular weight excluding hydrogens is 516 g/mol. The third kappa shape index (κ3) is 3.83. The summed E-state index contributed by atoms with van der Waals surface area (Å²) in [6.45, 7) is 2.66. The number of aliphatic hydroxyl groups is 3. The van der Waals surface area contributed by atoms with Crippen LogP contribution in [0.5, 0.6) is 11.5 Å². The molecule has 1 aliphatic heterocycles. The SMILES string of the molecule is CO[C@H]1[C@H](O[C@@H]2c3c(cc4c(c3O)C(=O)c3c(O)cccc3C4=O)C(=O)[C@@](C)(O)[C@H]2OC)O[C@@H](C)[C@H](O)[C@H]1O. The molecule has 1 saturated heterocycles. The number of benzene rings is 2. The third-order valence-electron chi connectivity index (χ3n) is 7.74. The van der Waals surface area contributed by atoms with Gasteiger partial charge in [-0.05, 0) is 26.0 Å². The van der Waals surface area contributed by atoms with Gasteiger partial charge < -0.3 is 44.5 Å². The zero-order chi connectivity index (χ0) is 28.5. The molecule has 1 fully saturated rings. The molecule has 12 heteroatoms. The molecule has 3 aliphatic rings. The molecule has 0 aromatic heterocycles. The van der Waals surface area contributed by atoms with Gasteiger partial charge in [-0.15, -0.1) is 0 Å². The lowest BCUT2D eigenvalue weighted by molar-refractivity contribution is -0.321. The van der Waals surface area contributed by atoms with E-state index in [9.17, 15) is 39.9 Å². The lowest BCUT2D eigenvalue weighted by atomic mass is 9.72. The molecule has 0 saturated carbocycles. The first-order valence-electron chi connectivity index (χ1n) is 12.2. The van der Waals surface area contributed by atoms with E-state index in [1.165, 1.54) is 46.3 Å². The summed E-state index contributed by atoms with van der Waals surface area (Å²) in [4.78, 5) is 40.3. The second kappa shape index (κ2) is 9.45. The standard InChI is InChI=1S/C27H28O12/c1-9-17(29)21(33)23(36-3)26(38-9)39-22-16-12(24(34)27(2,35)25(22)37-4)8-11-15(20(16)32)19(31)14-10(18(11)30)6-5-7-13(14)28/h5-9,17,21-23,25-26,28-29,32-33,35H,1-4H3/t9-,17-,21+,22+,23+,25-,26-,27+/m0/s1. The highest BCUT2D eigenvalue weighted by atomic mass is 16.7. The molecule has 5 N–H and O–H groups in total. The van der Waals surface area contributed by atoms with Crippen LogP contribution in [0, 0.1) is 0 Å². The average molecular weight is 545 g/mol. The number of carbonyl (C=O) groups is 3. The summed E-state index contributed by atoms with van der Waals surface area (Å²) in [6.07, 6.45) is -9.24. The summed E-state index contributed by atoms with van der Waals surface area (Å²) >= 11 is 0. The Kier molecular flexibility index (Phi) is 6.63. The van der Waals surface area contributed by atoms with E-state index in [2.05, 4.69) is 0 Å². The summed E-state index contributed by atoms with van der Waals surface area (Å²) in [5, 5.41) is 53.8. The van der Waals surface area contributed by atoms with E-state index in [1.807, 2.05) is 0 Å². The molecule has 0 radical (unpaired) electrons. The first-order chi connectivity index (χ1) is 18.4. The molecular formula is C27H28O12. The van der Waals surface area contributed by atoms with Crippen molar-refractivity contribution in [2.24, 2.45) is 0 Å². The predicted octanol–water partition coefficient (Wildman–Crippen LogP) is 0.375. The molecule has 39 heavy (non-hydrogen) atoms. The van der Waals surface area contributed by atoms with Gasteiger partial charge in [0.25, 0.3) is 0 Å². The maximum absolute atomic E-state index is 13.5. The Morgan fingerprint density at radius 2 is 1.62 bits per heavy atom. The number of phenols is 2. The Morgan fingerprint density at radius 3 is 2.26 bits per heavy atom. The van der Waals surface area contributed by atoms with Crippen LogP contribution in [-0.2, 0) is 18.9 Å². The molecule has 1 heterocycles. The first kappa shape index (κ1) is 27.3. The smallest absolute Gasteiger partial charge is 0.201 e. The molecule has 2 aliphatic carbocycles. The largest absolute Gasteiger partial charge is 0.507 e. The van der Waals surface area contributed by atoms with Gasteiger partial charge in [0.15, 0.2) is 23.5 Å². The number of hydrogen-bond donors (Lipinski definition) is 5. The quantitative estimate of drug-likeness (QED) is 0.304. The maximum Gasteiger partial charge on any atom is 0.201 e. The van der Waals surface area contributed by atoms with Gasteiger partial charge in [-0.2, -0.15) is 0 Å². The van der Waals surface area contributed by atoms with E-state index in [4.69, 9.17) is 18.9 Å². The van der Waals surface area contributed by atoms with E-state index in [-0.39, 0.29) is 27.8 Å². The van der Waals surface area contributed by atoms with Crippen LogP contribution < -0.4 is 0 Å². The minimum absolute atomic E-state index is 0.107. The fourth-order valence-electron chi connectivity index (χ4n) is 5.65. The Labute approximate surface area is 222 Å². The van der Waals surface area contributed by atoms with Crippen LogP contribution in [-0.4, -0.2) is 99.5 Å². The number of methoxy groups -OCH3 is 2. The molecule has 12 nitrogen and oxygen atoms in total. The van der Waals surface area contributed by atoms with Crippen molar-refractivity contribution in [3.63, 3.8) is 0 Å². The topological polar surface area (TPSA) is 189 Å². The highest BCUT2D eigenvalue weighted by Gasteiger charge is 2.56. The van der Waals surface area contributed by atoms with Gasteiger partial charge in [0, 0.05) is 36.5 Å². The Hall–Kier alpha value is -3.23. The zero-order valence-electron chi connectivity index (χ0n) is 21.4. The van der Waals surface area contributed by atoms with Crippen molar-refractivity contribution in [3.8, 4) is 11.5 Å². The van der Waals surface area contributed by atoms with Crippen LogP contribution >= 0.6 is 0 Å². The molecule has 0 unspecified atom stereocenters. The predicted molar refractivity (Wildman–Crippen MR) is 130 cm³/mol. The van der Waals surface area contributed by atoms with Crippen LogP contribution in [0.2, 0.25) is 0 Å². The lowest BCUT2D eigenvalue weighted by Gasteiger charge is -2.46. The molecule has 5 rings (SSSR count). The summed E-state index contributed by atoms with van der Waals surface area (Å²) in [7, 11) is 2.45. The highest BCUT2D eigenvalue weighted by molar-refractivity contribution is 6.31. The number of ether oxygens (including phenoxy) is 4. The van der Waals surface area contributed by atoms with E-state index < -0.39 is 82.9 Å². The number of phenolic OH excluding ortho intramolecular Hbond substituents is 2. The number of aliphatic hydroxyl groups excluding tert-OH is 2. The minimum Gasteiger partial charge on any atom is -0.507 e. The number of aromatic hydroxyl groups is 2. The second-order valence-corrected chi connectivity index (χ2v) is 10.0. The number of rotatable bonds is 4. The van der Waals surface area contributed by atoms with Crippen LogP contribution in [0.4, 0.5) is 0 Å². The van der Waals surface area contributed by atoms with Gasteiger partial charge in [-0.25, -0.2) is 0 Å². The number of hydrogen-bond acceptors (Lipinski definition) is 12. The molecule has 2 aromatic carbocycles. The van der Waals surface area contributed by atoms with Gasteiger partial charge in [0.2, 0.25) is 5.78 Å². The van der Waals surface area contributed by atoms with Crippen molar-refractivity contribution in [2.45, 2.75) is 62.4 Å². The monoisotopic (exact) mass is 544 g/mol. The van der Waals surface area contributed by atoms with Crippen molar-refractivity contribution in [3.05, 3.63) is 57.6 Å². The van der Waals surface area contributed by atoms with Gasteiger partial charge in [-0.3, -0.25) is 14.4 Å². The number of fused-ring (bicyclic) bond motifs is 3. The second-order valence-electron chi connectivity index (χ2n) is 10.0. The van der Waals surface area contributed by atoms with Gasteiger partial charge in [0.1, 0.15) is 42.0 Å². The highest BCUT2D eigenvalue weighted by Crippen LogP contribution is 2.49. The number of carbonyl (C=O) groups excluding carboxylic acids is 3. The van der Waals surface area contributed by atoms with Crippen molar-refractivity contribution >= 4 is 17.3 Å². The number of ketones is 3. The van der Waals surface area contributed by atoms with Crippen molar-refractivity contribution in [2.75, 3.05) is 14.2 Å². The summed E-state index contributed by atoms with van der Waals surface area (Å²) in [5.74, 6) is -3.71. The lowest BCUT2D eigenvalue weighted by Crippen LogP contribution is -2.60. The minimum atomic E-state index is -2.23. The molecule has 0 amide bonds. The molecule has 0 spiro atoms. The molecule has 2 aromatic rings. The van der Waals surface area contributed by atoms with Crippen LogP contribution in [0.1, 0.15) is 67.7 Å². The normalized spacial score (nSPS) is 33.9. The Morgan fingerprint density at radius 1 is 0.923 bits per heavy atom. The van der Waals surface area contributed by atoms with E-state index >= 15 is 0 Å². The summed E-state index contributed by atoms with van der Waals surface area (Å²) in [6, 6.07) is 5.05. The summed E-state index contributed by atoms with van der Waals surface area (Å²) in [5.41, 5.74) is -3.94. The molecule has 0 bridgehead atoms. The van der Waals surface area contributed by atoms with Crippen LogP contribution in [0.15, 0.2) is 24.3 Å². The zero-order valence-corrected chi connectivity index (χ0v) is 21.4. The van der Waals surface area contributed by atoms with Gasteiger partial charge >= 0.3 is 0 Å². The van der Waals surface area contributed by atoms with Crippen molar-refractivity contribution < 1.29 is 58.9 Å². The van der Waals surface area contributed by atoms with Gasteiger partial charge in [-0.1, -0.05) is 12.1 Å². The van der Waals surface area contributed by atoms with Crippen LogP contribution in [0.25, 0.3) is 0 Å². The third-order valence-corrected chi connectivity index (χ3v) is 7.74. The maximum atomic E-state index is 13.5. The Bertz CT molecular complexity index is 1380. The van der Waals surface area contributed by atoms with E-state index in [0.717, 1.165) is 6.07 Å². The van der Waals surface area contributed by atoms with Crippen molar-refractivity contribution in [1.29, 1.82) is 0 Å². The van der Waals surface area contributed by atoms with Crippen LogP contribution in [0.3, 0.4) is 0 Å². The van der Waals surface area contributed by atoms with E-state index in [0.29, 0.717) is 0 Å². The fourth-order valence-corrected chi connectivity index (χ4v) is 5.65. The van der Waals surface area contributed by atoms with E-state index in [1.54, 1.807) is 0 Å². The molecule has 8 atom stereocenters. The van der Waals surface area contributed by atoms with Gasteiger partial charge in [0.05, 0.1) is 17.2 Å². The molecule has 208 valence electrons. The fraction of sp³-hybridized carbons (Fsp3) is 0.444. The van der Waals surface area contributed by atoms with Crippen molar-refractivity contribution in [1.82, 2.24) is 0 Å². The average Bonchev–Trinajstić information content (AvgIpc) is 2.88. The first-order valence-corrected chi connectivity index (χ1v) is 12.2. The Balaban J connectivity index is 1.71.